The third-order valence-electron chi connectivity index (χ3n) is 2.83. The number of aryl methyl sites for hydroxylation is 1. The Kier molecular flexibility index (Phi) is 4.58. The molecule has 2 rings (SSSR count). The zero-order chi connectivity index (χ0) is 14.5. The topological polar surface area (TPSA) is 62.0 Å². The monoisotopic (exact) mass is 290 g/mol. The normalized spacial score (nSPS) is 10.3. The van der Waals surface area contributed by atoms with Crippen LogP contribution in [0.15, 0.2) is 41.2 Å². The summed E-state index contributed by atoms with van der Waals surface area (Å²) in [6, 6.07) is 10.4. The fourth-order valence-corrected chi connectivity index (χ4v) is 2.14. The van der Waals surface area contributed by atoms with Crippen molar-refractivity contribution >= 4 is 17.5 Å². The maximum Gasteiger partial charge on any atom is 0.251 e. The molecule has 0 saturated heterocycles. The third kappa shape index (κ3) is 3.96. The van der Waals surface area contributed by atoms with Gasteiger partial charge in [-0.1, -0.05) is 23.7 Å². The molecule has 2 N–H and O–H groups in total. The van der Waals surface area contributed by atoms with Gasteiger partial charge in [0.15, 0.2) is 0 Å². The average molecular weight is 291 g/mol. The second kappa shape index (κ2) is 6.39. The number of carbonyl (C=O) groups excluding carboxylic acids is 1. The van der Waals surface area contributed by atoms with Crippen LogP contribution in [0, 0.1) is 6.92 Å². The summed E-state index contributed by atoms with van der Waals surface area (Å²) in [5.41, 5.74) is 1.82. The standard InChI is InChI=1S/C15H15ClN2O2/c1-10-7-12(9-14(19)18-10)15(20)17-6-5-11-3-2-4-13(16)8-11/h2-4,7-9H,5-6H2,1H3,(H,17,20)(H,18,19). The molecule has 0 spiro atoms. The zero-order valence-corrected chi connectivity index (χ0v) is 11.8. The van der Waals surface area contributed by atoms with E-state index in [1.54, 1.807) is 13.0 Å². The maximum atomic E-state index is 11.9. The van der Waals surface area contributed by atoms with E-state index in [0.717, 1.165) is 5.56 Å². The lowest BCUT2D eigenvalue weighted by molar-refractivity contribution is 0.0954. The number of aromatic nitrogens is 1. The van der Waals surface area contributed by atoms with Gasteiger partial charge in [-0.25, -0.2) is 0 Å². The van der Waals surface area contributed by atoms with Crippen LogP contribution < -0.4 is 10.9 Å². The van der Waals surface area contributed by atoms with Crippen molar-refractivity contribution in [2.75, 3.05) is 6.54 Å². The van der Waals surface area contributed by atoms with Crippen LogP contribution >= 0.6 is 11.6 Å². The summed E-state index contributed by atoms with van der Waals surface area (Å²) in [5.74, 6) is -0.249. The number of halogens is 1. The minimum Gasteiger partial charge on any atom is -0.352 e. The number of benzene rings is 1. The SMILES string of the molecule is Cc1cc(C(=O)NCCc2cccc(Cl)c2)cc(=O)[nH]1. The van der Waals surface area contributed by atoms with Crippen LogP contribution in [0.5, 0.6) is 0 Å². The molecule has 0 aliphatic heterocycles. The van der Waals surface area contributed by atoms with Gasteiger partial charge >= 0.3 is 0 Å². The molecule has 0 aliphatic rings. The first kappa shape index (κ1) is 14.3. The van der Waals surface area contributed by atoms with Crippen LogP contribution in [-0.2, 0) is 6.42 Å². The molecule has 1 aromatic carbocycles. The Balaban J connectivity index is 1.94. The van der Waals surface area contributed by atoms with E-state index in [9.17, 15) is 9.59 Å². The Bertz CT molecular complexity index is 680. The Morgan fingerprint density at radius 1 is 1.30 bits per heavy atom. The van der Waals surface area contributed by atoms with Crippen molar-refractivity contribution in [2.24, 2.45) is 0 Å². The molecule has 0 aliphatic carbocycles. The highest BCUT2D eigenvalue weighted by atomic mass is 35.5. The molecule has 2 aromatic rings. The average Bonchev–Trinajstić information content (AvgIpc) is 2.37. The van der Waals surface area contributed by atoms with Crippen molar-refractivity contribution in [3.05, 3.63) is 68.6 Å². The third-order valence-corrected chi connectivity index (χ3v) is 3.06. The first-order valence-corrected chi connectivity index (χ1v) is 6.66. The van der Waals surface area contributed by atoms with Crippen molar-refractivity contribution in [3.63, 3.8) is 0 Å². The van der Waals surface area contributed by atoms with Crippen LogP contribution in [0.1, 0.15) is 21.6 Å². The van der Waals surface area contributed by atoms with E-state index in [0.29, 0.717) is 29.2 Å². The van der Waals surface area contributed by atoms with E-state index in [4.69, 9.17) is 11.6 Å². The van der Waals surface area contributed by atoms with Crippen LogP contribution in [-0.4, -0.2) is 17.4 Å². The quantitative estimate of drug-likeness (QED) is 0.908. The highest BCUT2D eigenvalue weighted by molar-refractivity contribution is 6.30. The lowest BCUT2D eigenvalue weighted by Crippen LogP contribution is -2.27. The van der Waals surface area contributed by atoms with Crippen molar-refractivity contribution in [1.82, 2.24) is 10.3 Å². The van der Waals surface area contributed by atoms with Crippen LogP contribution in [0.25, 0.3) is 0 Å². The first-order valence-electron chi connectivity index (χ1n) is 6.28. The smallest absolute Gasteiger partial charge is 0.251 e. The summed E-state index contributed by atoms with van der Waals surface area (Å²) in [7, 11) is 0. The molecule has 4 nitrogen and oxygen atoms in total. The molecule has 0 saturated carbocycles. The summed E-state index contributed by atoms with van der Waals surface area (Å²) in [6.45, 7) is 2.23. The Morgan fingerprint density at radius 2 is 2.10 bits per heavy atom. The number of H-pyrrole nitrogens is 1. The van der Waals surface area contributed by atoms with Gasteiger partial charge in [0.25, 0.3) is 5.91 Å². The van der Waals surface area contributed by atoms with E-state index >= 15 is 0 Å². The van der Waals surface area contributed by atoms with Gasteiger partial charge in [-0.15, -0.1) is 0 Å². The van der Waals surface area contributed by atoms with Gasteiger partial charge in [0.05, 0.1) is 0 Å². The summed E-state index contributed by atoms with van der Waals surface area (Å²) in [6.07, 6.45) is 0.689. The Morgan fingerprint density at radius 3 is 2.80 bits per heavy atom. The fraction of sp³-hybridized carbons (Fsp3) is 0.200. The van der Waals surface area contributed by atoms with Crippen molar-refractivity contribution in [3.8, 4) is 0 Å². The predicted octanol–water partition coefficient (Wildman–Crippen LogP) is 2.31. The number of carbonyl (C=O) groups is 1. The van der Waals surface area contributed by atoms with E-state index < -0.39 is 0 Å². The molecule has 1 amide bonds. The number of nitrogens with one attached hydrogen (secondary N) is 2. The first-order chi connectivity index (χ1) is 9.54. The molecule has 0 bridgehead atoms. The maximum absolute atomic E-state index is 11.9. The largest absolute Gasteiger partial charge is 0.352 e. The van der Waals surface area contributed by atoms with Crippen LogP contribution in [0.3, 0.4) is 0 Å². The Labute approximate surface area is 121 Å². The van der Waals surface area contributed by atoms with E-state index in [1.807, 2.05) is 24.3 Å². The van der Waals surface area contributed by atoms with Gasteiger partial charge in [-0.05, 0) is 37.1 Å². The number of hydrogen-bond acceptors (Lipinski definition) is 2. The summed E-state index contributed by atoms with van der Waals surface area (Å²) < 4.78 is 0. The van der Waals surface area contributed by atoms with Gasteiger partial charge in [0.1, 0.15) is 0 Å². The number of hydrogen-bond donors (Lipinski definition) is 2. The number of amides is 1. The highest BCUT2D eigenvalue weighted by Gasteiger charge is 2.06. The van der Waals surface area contributed by atoms with Crippen molar-refractivity contribution < 1.29 is 4.79 Å². The molecule has 104 valence electrons. The fourth-order valence-electron chi connectivity index (χ4n) is 1.93. The number of aromatic amines is 1. The molecule has 5 heteroatoms. The second-order valence-corrected chi connectivity index (χ2v) is 4.99. The molecule has 0 unspecified atom stereocenters. The zero-order valence-electron chi connectivity index (χ0n) is 11.1. The minimum atomic E-state index is -0.273. The predicted molar refractivity (Wildman–Crippen MR) is 79.3 cm³/mol. The van der Waals surface area contributed by atoms with Gasteiger partial charge < -0.3 is 10.3 Å². The van der Waals surface area contributed by atoms with E-state index in [-0.39, 0.29) is 11.5 Å². The van der Waals surface area contributed by atoms with Crippen molar-refractivity contribution in [1.29, 1.82) is 0 Å². The number of rotatable bonds is 4. The van der Waals surface area contributed by atoms with Gasteiger partial charge in [0.2, 0.25) is 5.56 Å². The molecular weight excluding hydrogens is 276 g/mol. The van der Waals surface area contributed by atoms with Crippen LogP contribution in [0.4, 0.5) is 0 Å². The lowest BCUT2D eigenvalue weighted by Gasteiger charge is -2.06. The van der Waals surface area contributed by atoms with Gasteiger partial charge in [0, 0.05) is 28.9 Å². The van der Waals surface area contributed by atoms with Gasteiger partial charge in [-0.2, -0.15) is 0 Å². The second-order valence-electron chi connectivity index (χ2n) is 4.55. The van der Waals surface area contributed by atoms with E-state index in [2.05, 4.69) is 10.3 Å². The summed E-state index contributed by atoms with van der Waals surface area (Å²) in [4.78, 5) is 25.8. The van der Waals surface area contributed by atoms with Gasteiger partial charge in [-0.3, -0.25) is 9.59 Å². The lowest BCUT2D eigenvalue weighted by atomic mass is 10.1. The molecule has 0 fully saturated rings. The molecular formula is C15H15ClN2O2. The molecule has 1 heterocycles. The Hall–Kier alpha value is -2.07. The van der Waals surface area contributed by atoms with E-state index in [1.165, 1.54) is 6.07 Å². The van der Waals surface area contributed by atoms with Crippen molar-refractivity contribution in [2.45, 2.75) is 13.3 Å². The molecule has 20 heavy (non-hydrogen) atoms. The van der Waals surface area contributed by atoms with Crippen LogP contribution in [0.2, 0.25) is 5.02 Å². The highest BCUT2D eigenvalue weighted by Crippen LogP contribution is 2.10. The molecule has 0 atom stereocenters. The molecule has 1 aromatic heterocycles. The minimum absolute atomic E-state index is 0.249. The number of pyridine rings is 1. The summed E-state index contributed by atoms with van der Waals surface area (Å²) in [5, 5.41) is 3.47. The molecule has 0 radical (unpaired) electrons. The summed E-state index contributed by atoms with van der Waals surface area (Å²) >= 11 is 5.89.